The third-order valence-corrected chi connectivity index (χ3v) is 4.14. The van der Waals surface area contributed by atoms with E-state index in [0.29, 0.717) is 5.75 Å². The highest BCUT2D eigenvalue weighted by Gasteiger charge is 2.54. The van der Waals surface area contributed by atoms with Crippen LogP contribution >= 0.6 is 11.8 Å². The molecule has 0 spiro atoms. The third kappa shape index (κ3) is 1.36. The number of carbonyl (C=O) groups excluding carboxylic acids is 1. The summed E-state index contributed by atoms with van der Waals surface area (Å²) in [6, 6.07) is -1.34. The summed E-state index contributed by atoms with van der Waals surface area (Å²) >= 11 is 1.53. The number of fused-ring (bicyclic) bond motifs is 1. The third-order valence-electron chi connectivity index (χ3n) is 2.78. The van der Waals surface area contributed by atoms with Gasteiger partial charge in [-0.1, -0.05) is 6.08 Å². The molecule has 0 radical (unpaired) electrons. The first-order valence-electron chi connectivity index (χ1n) is 4.65. The van der Waals surface area contributed by atoms with E-state index in [4.69, 9.17) is 10.8 Å². The molecule has 82 valence electrons. The number of nitrogens with zero attached hydrogens (tertiary/aromatic N) is 1. The first-order chi connectivity index (χ1) is 7.07. The zero-order valence-corrected chi connectivity index (χ0v) is 9.03. The molecule has 0 aromatic carbocycles. The van der Waals surface area contributed by atoms with Crippen molar-refractivity contribution in [2.75, 3.05) is 5.75 Å². The van der Waals surface area contributed by atoms with Crippen molar-refractivity contribution in [3.8, 4) is 0 Å². The van der Waals surface area contributed by atoms with Gasteiger partial charge in [-0.15, -0.1) is 11.8 Å². The van der Waals surface area contributed by atoms with Crippen LogP contribution in [0.5, 0.6) is 0 Å². The highest BCUT2D eigenvalue weighted by molar-refractivity contribution is 8.00. The molecule has 3 unspecified atom stereocenters. The van der Waals surface area contributed by atoms with Gasteiger partial charge in [-0.25, -0.2) is 4.79 Å². The number of aliphatic carboxylic acids is 1. The Morgan fingerprint density at radius 1 is 1.73 bits per heavy atom. The van der Waals surface area contributed by atoms with Gasteiger partial charge >= 0.3 is 5.97 Å². The van der Waals surface area contributed by atoms with Gasteiger partial charge < -0.3 is 15.7 Å². The fourth-order valence-corrected chi connectivity index (χ4v) is 3.32. The van der Waals surface area contributed by atoms with Crippen molar-refractivity contribution in [2.45, 2.75) is 24.4 Å². The number of carboxylic acids is 1. The fourth-order valence-electron chi connectivity index (χ4n) is 1.93. The number of allylic oxidation sites excluding steroid dienone is 1. The molecule has 3 atom stereocenters. The number of carboxylic acid groups (broad SMARTS) is 1. The summed E-state index contributed by atoms with van der Waals surface area (Å²) < 4.78 is 0. The second-order valence-corrected chi connectivity index (χ2v) is 4.68. The van der Waals surface area contributed by atoms with Crippen LogP contribution in [0.3, 0.4) is 0 Å². The second-order valence-electron chi connectivity index (χ2n) is 3.58. The van der Waals surface area contributed by atoms with E-state index in [-0.39, 0.29) is 11.3 Å². The van der Waals surface area contributed by atoms with E-state index < -0.39 is 18.1 Å². The molecule has 5 nitrogen and oxygen atoms in total. The lowest BCUT2D eigenvalue weighted by atomic mass is 9.98. The van der Waals surface area contributed by atoms with Gasteiger partial charge in [0.2, 0.25) is 5.91 Å². The molecule has 15 heavy (non-hydrogen) atoms. The van der Waals surface area contributed by atoms with E-state index in [0.717, 1.165) is 5.57 Å². The van der Waals surface area contributed by atoms with Crippen molar-refractivity contribution in [3.63, 3.8) is 0 Å². The van der Waals surface area contributed by atoms with Crippen molar-refractivity contribution >= 4 is 23.6 Å². The van der Waals surface area contributed by atoms with E-state index >= 15 is 0 Å². The second kappa shape index (κ2) is 3.53. The minimum absolute atomic E-state index is 0.165. The molecule has 0 bridgehead atoms. The summed E-state index contributed by atoms with van der Waals surface area (Å²) in [5.74, 6) is -0.608. The highest BCUT2D eigenvalue weighted by atomic mass is 32.2. The Labute approximate surface area is 91.3 Å². The summed E-state index contributed by atoms with van der Waals surface area (Å²) in [6.45, 7) is 1.79. The standard InChI is InChI=1S/C9H12N2O3S/c1-2-4-3-15-8-5(10)7(12)11(8)6(4)9(13)14/h2,5-6,8H,3,10H2,1H3,(H,13,14). The number of rotatable bonds is 1. The SMILES string of the molecule is CC=C1CSC2C(N)C(=O)N2C1C(=O)O. The van der Waals surface area contributed by atoms with Crippen LogP contribution in [0.25, 0.3) is 0 Å². The quantitative estimate of drug-likeness (QED) is 0.472. The molecular formula is C9H12N2O3S. The number of thioether (sulfide) groups is 1. The maximum absolute atomic E-state index is 11.5. The molecule has 0 saturated carbocycles. The summed E-state index contributed by atoms with van der Waals surface area (Å²) in [6.07, 6.45) is 1.76. The molecule has 2 aliphatic heterocycles. The topological polar surface area (TPSA) is 83.6 Å². The van der Waals surface area contributed by atoms with Gasteiger partial charge in [-0.3, -0.25) is 4.79 Å². The van der Waals surface area contributed by atoms with Crippen LogP contribution < -0.4 is 5.73 Å². The Morgan fingerprint density at radius 3 is 2.93 bits per heavy atom. The van der Waals surface area contributed by atoms with Gasteiger partial charge in [0, 0.05) is 5.75 Å². The first-order valence-corrected chi connectivity index (χ1v) is 5.70. The Balaban J connectivity index is 2.29. The van der Waals surface area contributed by atoms with Crippen molar-refractivity contribution < 1.29 is 14.7 Å². The lowest BCUT2D eigenvalue weighted by Crippen LogP contribution is -2.73. The zero-order valence-electron chi connectivity index (χ0n) is 8.21. The van der Waals surface area contributed by atoms with Crippen LogP contribution in [0.2, 0.25) is 0 Å². The van der Waals surface area contributed by atoms with Crippen molar-refractivity contribution in [2.24, 2.45) is 5.73 Å². The van der Waals surface area contributed by atoms with Crippen molar-refractivity contribution in [1.82, 2.24) is 4.90 Å². The van der Waals surface area contributed by atoms with Crippen LogP contribution in [0.1, 0.15) is 6.92 Å². The van der Waals surface area contributed by atoms with Gasteiger partial charge in [0.15, 0.2) is 6.04 Å². The number of β-lactam (4-membered cyclic amide) rings is 1. The monoisotopic (exact) mass is 228 g/mol. The molecule has 2 aliphatic rings. The molecule has 0 aromatic rings. The molecule has 0 aromatic heterocycles. The molecule has 2 saturated heterocycles. The van der Waals surface area contributed by atoms with Gasteiger partial charge in [-0.05, 0) is 12.5 Å². The fraction of sp³-hybridized carbons (Fsp3) is 0.556. The predicted molar refractivity (Wildman–Crippen MR) is 56.2 cm³/mol. The molecule has 2 fully saturated rings. The maximum atomic E-state index is 11.5. The van der Waals surface area contributed by atoms with E-state index in [1.165, 1.54) is 16.7 Å². The average Bonchev–Trinajstić information content (AvgIpc) is 2.25. The van der Waals surface area contributed by atoms with E-state index in [1.54, 1.807) is 13.0 Å². The molecule has 0 aliphatic carbocycles. The number of hydrogen-bond acceptors (Lipinski definition) is 4. The number of nitrogens with two attached hydrogens (primary N) is 1. The molecule has 1 amide bonds. The summed E-state index contributed by atoms with van der Waals surface area (Å²) in [5.41, 5.74) is 6.37. The van der Waals surface area contributed by atoms with Gasteiger partial charge in [0.25, 0.3) is 0 Å². The van der Waals surface area contributed by atoms with E-state index in [9.17, 15) is 9.59 Å². The number of hydrogen-bond donors (Lipinski definition) is 2. The highest BCUT2D eigenvalue weighted by Crippen LogP contribution is 2.39. The Kier molecular flexibility index (Phi) is 2.47. The molecule has 2 rings (SSSR count). The summed E-state index contributed by atoms with van der Waals surface area (Å²) in [5, 5.41) is 8.92. The maximum Gasteiger partial charge on any atom is 0.330 e. The minimum Gasteiger partial charge on any atom is -0.479 e. The summed E-state index contributed by atoms with van der Waals surface area (Å²) in [4.78, 5) is 23.9. The Hall–Kier alpha value is -1.01. The van der Waals surface area contributed by atoms with Crippen molar-refractivity contribution in [3.05, 3.63) is 11.6 Å². The number of carbonyl (C=O) groups is 2. The normalized spacial score (nSPS) is 37.5. The molecular weight excluding hydrogens is 216 g/mol. The number of amides is 1. The minimum atomic E-state index is -0.978. The average molecular weight is 228 g/mol. The van der Waals surface area contributed by atoms with E-state index in [2.05, 4.69) is 0 Å². The van der Waals surface area contributed by atoms with Crippen LogP contribution in [0.4, 0.5) is 0 Å². The molecule has 2 heterocycles. The molecule has 6 heteroatoms. The molecule has 3 N–H and O–H groups in total. The van der Waals surface area contributed by atoms with E-state index in [1.807, 2.05) is 0 Å². The Bertz CT molecular complexity index is 355. The largest absolute Gasteiger partial charge is 0.479 e. The van der Waals surface area contributed by atoms with Crippen LogP contribution in [-0.2, 0) is 9.59 Å². The van der Waals surface area contributed by atoms with Crippen LogP contribution in [-0.4, -0.2) is 45.1 Å². The smallest absolute Gasteiger partial charge is 0.330 e. The predicted octanol–water partition coefficient (Wildman–Crippen LogP) is -0.372. The van der Waals surface area contributed by atoms with Crippen LogP contribution in [0, 0.1) is 0 Å². The lowest BCUT2D eigenvalue weighted by Gasteiger charge is -2.51. The van der Waals surface area contributed by atoms with Gasteiger partial charge in [-0.2, -0.15) is 0 Å². The van der Waals surface area contributed by atoms with Crippen molar-refractivity contribution in [1.29, 1.82) is 0 Å². The van der Waals surface area contributed by atoms with Crippen LogP contribution in [0.15, 0.2) is 11.6 Å². The van der Waals surface area contributed by atoms with Gasteiger partial charge in [0.1, 0.15) is 11.4 Å². The zero-order chi connectivity index (χ0) is 11.2. The Morgan fingerprint density at radius 2 is 2.40 bits per heavy atom. The van der Waals surface area contributed by atoms with Gasteiger partial charge in [0.05, 0.1) is 0 Å². The summed E-state index contributed by atoms with van der Waals surface area (Å²) in [7, 11) is 0. The lowest BCUT2D eigenvalue weighted by molar-refractivity contribution is -0.158. The first kappa shape index (κ1) is 10.5.